The molecule has 0 fully saturated rings. The van der Waals surface area contributed by atoms with E-state index in [1.165, 1.54) is 173 Å². The summed E-state index contributed by atoms with van der Waals surface area (Å²) < 4.78 is 0. The second-order valence-electron chi connectivity index (χ2n) is 10.3. The first-order valence-electron chi connectivity index (χ1n) is 15.0. The molecule has 0 N–H and O–H groups in total. The molecule has 0 spiro atoms. The summed E-state index contributed by atoms with van der Waals surface area (Å²) in [6, 6.07) is 0. The molecule has 0 aliphatic carbocycles. The zero-order valence-electron chi connectivity index (χ0n) is 22.0. The molecule has 0 aliphatic rings. The van der Waals surface area contributed by atoms with E-state index < -0.39 is 0 Å². The Labute approximate surface area is 199 Å². The molecule has 1 heteroatoms. The van der Waals surface area contributed by atoms with Crippen LogP contribution in [0.25, 0.3) is 0 Å². The Morgan fingerprint density at radius 1 is 0.258 bits per heavy atom. The lowest BCUT2D eigenvalue weighted by molar-refractivity contribution is 0.514. The second kappa shape index (κ2) is 30.0. The van der Waals surface area contributed by atoms with Gasteiger partial charge in [0, 0.05) is 6.54 Å². The maximum Gasteiger partial charge on any atom is 0.0321 e. The Hall–Kier alpha value is -0.0400. The van der Waals surface area contributed by atoms with Crippen molar-refractivity contribution in [3.05, 3.63) is 0 Å². The monoisotopic (exact) mass is 435 g/mol. The SMILES string of the molecule is CCCCCCCCCCCCCCCCCCCCCCCCCCCCCC[N]. The summed E-state index contributed by atoms with van der Waals surface area (Å²) in [7, 11) is 0. The van der Waals surface area contributed by atoms with Crippen LogP contribution in [0.2, 0.25) is 0 Å². The predicted octanol–water partition coefficient (Wildman–Crippen LogP) is 11.0. The Morgan fingerprint density at radius 3 is 0.581 bits per heavy atom. The van der Waals surface area contributed by atoms with Crippen molar-refractivity contribution in [2.24, 2.45) is 0 Å². The molecule has 0 rings (SSSR count). The van der Waals surface area contributed by atoms with E-state index in [2.05, 4.69) is 6.92 Å². The molecule has 2 radical (unpaired) electrons. The predicted molar refractivity (Wildman–Crippen MR) is 142 cm³/mol. The van der Waals surface area contributed by atoms with Crippen LogP contribution in [0.5, 0.6) is 0 Å². The van der Waals surface area contributed by atoms with Gasteiger partial charge in [-0.3, -0.25) is 0 Å². The van der Waals surface area contributed by atoms with E-state index in [-0.39, 0.29) is 0 Å². The van der Waals surface area contributed by atoms with Crippen molar-refractivity contribution < 1.29 is 0 Å². The van der Waals surface area contributed by atoms with Crippen LogP contribution < -0.4 is 5.73 Å². The van der Waals surface area contributed by atoms with Gasteiger partial charge < -0.3 is 0 Å². The molecule has 31 heavy (non-hydrogen) atoms. The van der Waals surface area contributed by atoms with Gasteiger partial charge in [0.25, 0.3) is 0 Å². The number of hydrogen-bond acceptors (Lipinski definition) is 0. The molecule has 1 nitrogen and oxygen atoms in total. The fourth-order valence-corrected chi connectivity index (χ4v) is 4.78. The first-order chi connectivity index (χ1) is 15.4. The van der Waals surface area contributed by atoms with E-state index in [4.69, 9.17) is 5.73 Å². The molecule has 0 aliphatic heterocycles. The summed E-state index contributed by atoms with van der Waals surface area (Å²) in [6.45, 7) is 2.68. The topological polar surface area (TPSA) is 22.3 Å². The zero-order chi connectivity index (χ0) is 22.5. The van der Waals surface area contributed by atoms with Crippen molar-refractivity contribution in [2.75, 3.05) is 6.54 Å². The largest absolute Gasteiger partial charge is 0.145 e. The highest BCUT2D eigenvalue weighted by Gasteiger charge is 1.96. The van der Waals surface area contributed by atoms with Crippen LogP contribution in [0, 0.1) is 0 Å². The van der Waals surface area contributed by atoms with Crippen LogP contribution in [-0.4, -0.2) is 6.54 Å². The molecule has 0 saturated carbocycles. The summed E-state index contributed by atoms with van der Waals surface area (Å²) in [5.74, 6) is 0. The van der Waals surface area contributed by atoms with E-state index in [0.717, 1.165) is 6.42 Å². The summed E-state index contributed by atoms with van der Waals surface area (Å²) in [6.07, 6.45) is 40.1. The third-order valence-corrected chi connectivity index (χ3v) is 7.01. The van der Waals surface area contributed by atoms with E-state index in [0.29, 0.717) is 6.54 Å². The van der Waals surface area contributed by atoms with Gasteiger partial charge in [0.1, 0.15) is 0 Å². The van der Waals surface area contributed by atoms with Crippen LogP contribution >= 0.6 is 0 Å². The number of nitrogens with zero attached hydrogens (tertiary/aromatic N) is 1. The fraction of sp³-hybridized carbons (Fsp3) is 1.00. The van der Waals surface area contributed by atoms with E-state index >= 15 is 0 Å². The van der Waals surface area contributed by atoms with Gasteiger partial charge in [-0.1, -0.05) is 180 Å². The molecule has 0 bridgehead atoms. The van der Waals surface area contributed by atoms with Crippen LogP contribution in [0.15, 0.2) is 0 Å². The maximum atomic E-state index is 8.76. The van der Waals surface area contributed by atoms with Crippen molar-refractivity contribution >= 4 is 0 Å². The first kappa shape index (κ1) is 31.0. The highest BCUT2D eigenvalue weighted by molar-refractivity contribution is 4.52. The minimum Gasteiger partial charge on any atom is -0.145 e. The van der Waals surface area contributed by atoms with Gasteiger partial charge in [0.15, 0.2) is 0 Å². The standard InChI is InChI=1S/C30H61N/c1-2-3-4-5-6-7-8-9-10-11-12-13-14-15-16-17-18-19-20-21-22-23-24-25-26-27-28-29-30-31/h2-30H2,1H3. The summed E-state index contributed by atoms with van der Waals surface area (Å²) >= 11 is 0. The zero-order valence-corrected chi connectivity index (χ0v) is 22.0. The normalized spacial score (nSPS) is 11.4. The minimum absolute atomic E-state index is 0.374. The van der Waals surface area contributed by atoms with Gasteiger partial charge in [-0.15, -0.1) is 5.73 Å². The summed E-state index contributed by atoms with van der Waals surface area (Å²) in [4.78, 5) is 0. The molecule has 0 aromatic heterocycles. The van der Waals surface area contributed by atoms with Crippen molar-refractivity contribution in [3.63, 3.8) is 0 Å². The second-order valence-corrected chi connectivity index (χ2v) is 10.3. The lowest BCUT2D eigenvalue weighted by Gasteiger charge is -2.04. The Morgan fingerprint density at radius 2 is 0.419 bits per heavy atom. The van der Waals surface area contributed by atoms with Crippen LogP contribution in [0.3, 0.4) is 0 Å². The van der Waals surface area contributed by atoms with E-state index in [1.807, 2.05) is 0 Å². The summed E-state index contributed by atoms with van der Waals surface area (Å²) in [5.41, 5.74) is 8.76. The van der Waals surface area contributed by atoms with Crippen molar-refractivity contribution in [1.82, 2.24) is 5.73 Å². The molecule has 186 valence electrons. The van der Waals surface area contributed by atoms with Crippen LogP contribution in [-0.2, 0) is 0 Å². The minimum atomic E-state index is 0.374. The average Bonchev–Trinajstić information content (AvgIpc) is 2.78. The molecular formula is C30H61N. The average molecular weight is 436 g/mol. The maximum absolute atomic E-state index is 8.76. The quantitative estimate of drug-likeness (QED) is 0.109. The molecule has 0 aromatic carbocycles. The fourth-order valence-electron chi connectivity index (χ4n) is 4.78. The molecule has 0 atom stereocenters. The van der Waals surface area contributed by atoms with Crippen molar-refractivity contribution in [2.45, 2.75) is 187 Å². The van der Waals surface area contributed by atoms with Gasteiger partial charge in [0.2, 0.25) is 0 Å². The molecule has 0 aromatic rings. The molecule has 0 saturated heterocycles. The van der Waals surface area contributed by atoms with Crippen molar-refractivity contribution in [3.8, 4) is 0 Å². The number of hydrogen-bond donors (Lipinski definition) is 0. The third kappa shape index (κ3) is 30.0. The smallest absolute Gasteiger partial charge is 0.0321 e. The van der Waals surface area contributed by atoms with Gasteiger partial charge in [-0.2, -0.15) is 0 Å². The summed E-state index contributed by atoms with van der Waals surface area (Å²) in [5, 5.41) is 0. The Balaban J connectivity index is 2.98. The molecule has 0 heterocycles. The van der Waals surface area contributed by atoms with Crippen LogP contribution in [0.1, 0.15) is 187 Å². The molecular weight excluding hydrogens is 374 g/mol. The van der Waals surface area contributed by atoms with E-state index in [9.17, 15) is 0 Å². The van der Waals surface area contributed by atoms with Crippen molar-refractivity contribution in [1.29, 1.82) is 0 Å². The van der Waals surface area contributed by atoms with Gasteiger partial charge >= 0.3 is 0 Å². The van der Waals surface area contributed by atoms with Gasteiger partial charge in [-0.05, 0) is 6.42 Å². The third-order valence-electron chi connectivity index (χ3n) is 7.01. The Bertz CT molecular complexity index is 260. The number of unbranched alkanes of at least 4 members (excludes halogenated alkanes) is 27. The van der Waals surface area contributed by atoms with E-state index in [1.54, 1.807) is 0 Å². The highest BCUT2D eigenvalue weighted by Crippen LogP contribution is 2.16. The Kier molecular flexibility index (Phi) is 29.9. The van der Waals surface area contributed by atoms with Crippen LogP contribution in [0.4, 0.5) is 0 Å². The first-order valence-corrected chi connectivity index (χ1v) is 15.0. The highest BCUT2D eigenvalue weighted by atomic mass is 14.5. The lowest BCUT2D eigenvalue weighted by Crippen LogP contribution is -1.86. The van der Waals surface area contributed by atoms with Gasteiger partial charge in [0.05, 0.1) is 0 Å². The lowest BCUT2D eigenvalue weighted by atomic mass is 10.0. The number of rotatable bonds is 28. The van der Waals surface area contributed by atoms with Gasteiger partial charge in [-0.25, -0.2) is 0 Å². The molecule has 0 unspecified atom stereocenters. The molecule has 0 amide bonds.